The summed E-state index contributed by atoms with van der Waals surface area (Å²) < 4.78 is 11.0. The number of ether oxygens (including phenoxy) is 2. The van der Waals surface area contributed by atoms with Crippen LogP contribution in [0.15, 0.2) is 0 Å². The van der Waals surface area contributed by atoms with Gasteiger partial charge in [-0.25, -0.2) is 4.79 Å². The molecule has 1 aliphatic carbocycles. The highest BCUT2D eigenvalue weighted by Gasteiger charge is 2.30. The molecule has 27 heavy (non-hydrogen) atoms. The van der Waals surface area contributed by atoms with E-state index in [1.165, 1.54) is 16.2 Å². The standard InChI is InChI=1S/C20H30N2O4S/c1-4-25-20(24)18-15-8-6-5-7-9-16(15)27-19(18)21-17(23)12-22-10-13(2)26-14(3)11-22/h13-14H,4-12H2,1-3H3,(H,21,23)/p+1/t13-,14-/m0/s1. The van der Waals surface area contributed by atoms with Gasteiger partial charge < -0.3 is 19.7 Å². The monoisotopic (exact) mass is 395 g/mol. The second-order valence-electron chi connectivity index (χ2n) is 7.63. The average Bonchev–Trinajstić information content (AvgIpc) is 2.75. The molecule has 0 saturated carbocycles. The van der Waals surface area contributed by atoms with Gasteiger partial charge in [0.25, 0.3) is 5.91 Å². The van der Waals surface area contributed by atoms with Crippen molar-refractivity contribution < 1.29 is 24.0 Å². The van der Waals surface area contributed by atoms with Gasteiger partial charge in [-0.15, -0.1) is 11.3 Å². The number of hydrogen-bond donors (Lipinski definition) is 2. The van der Waals surface area contributed by atoms with E-state index in [1.807, 2.05) is 20.8 Å². The number of morpholine rings is 1. The van der Waals surface area contributed by atoms with Gasteiger partial charge in [-0.3, -0.25) is 4.79 Å². The number of quaternary nitrogens is 1. The van der Waals surface area contributed by atoms with Crippen molar-refractivity contribution in [3.05, 3.63) is 16.0 Å². The molecule has 0 unspecified atom stereocenters. The number of carbonyl (C=O) groups is 2. The Bertz CT molecular complexity index is 678. The van der Waals surface area contributed by atoms with E-state index in [1.54, 1.807) is 11.3 Å². The molecule has 1 amide bonds. The van der Waals surface area contributed by atoms with Crippen molar-refractivity contribution in [2.75, 3.05) is 31.6 Å². The molecule has 6 nitrogen and oxygen atoms in total. The van der Waals surface area contributed by atoms with Crippen LogP contribution in [0.3, 0.4) is 0 Å². The van der Waals surface area contributed by atoms with Crippen molar-refractivity contribution in [3.8, 4) is 0 Å². The number of anilines is 1. The minimum Gasteiger partial charge on any atom is -0.462 e. The van der Waals surface area contributed by atoms with Gasteiger partial charge in [0.05, 0.1) is 12.2 Å². The van der Waals surface area contributed by atoms with E-state index in [-0.39, 0.29) is 24.1 Å². The summed E-state index contributed by atoms with van der Waals surface area (Å²) in [5.41, 5.74) is 1.68. The maximum absolute atomic E-state index is 12.7. The molecule has 0 radical (unpaired) electrons. The summed E-state index contributed by atoms with van der Waals surface area (Å²) in [6, 6.07) is 0. The first-order valence-electron chi connectivity index (χ1n) is 10.1. The highest BCUT2D eigenvalue weighted by atomic mass is 32.1. The minimum atomic E-state index is -0.312. The Kier molecular flexibility index (Phi) is 6.89. The van der Waals surface area contributed by atoms with E-state index in [0.29, 0.717) is 23.7 Å². The number of fused-ring (bicyclic) bond motifs is 1. The lowest BCUT2D eigenvalue weighted by molar-refractivity contribution is -0.907. The van der Waals surface area contributed by atoms with E-state index in [0.717, 1.165) is 44.3 Å². The van der Waals surface area contributed by atoms with Crippen molar-refractivity contribution in [1.82, 2.24) is 0 Å². The Morgan fingerprint density at radius 3 is 2.59 bits per heavy atom. The first kappa shape index (κ1) is 20.3. The third-order valence-corrected chi connectivity index (χ3v) is 6.39. The smallest absolute Gasteiger partial charge is 0.341 e. The Morgan fingerprint density at radius 2 is 1.89 bits per heavy atom. The first-order chi connectivity index (χ1) is 13.0. The normalized spacial score (nSPS) is 25.4. The van der Waals surface area contributed by atoms with Crippen LogP contribution in [-0.2, 0) is 27.1 Å². The quantitative estimate of drug-likeness (QED) is 0.590. The molecule has 2 heterocycles. The fraction of sp³-hybridized carbons (Fsp3) is 0.700. The molecular weight excluding hydrogens is 364 g/mol. The molecule has 0 aromatic carbocycles. The molecule has 2 aliphatic rings. The van der Waals surface area contributed by atoms with Gasteiger partial charge >= 0.3 is 5.97 Å². The van der Waals surface area contributed by atoms with Crippen LogP contribution in [0.4, 0.5) is 5.00 Å². The summed E-state index contributed by atoms with van der Waals surface area (Å²) in [6.07, 6.45) is 5.58. The summed E-state index contributed by atoms with van der Waals surface area (Å²) in [7, 11) is 0. The van der Waals surface area contributed by atoms with Crippen molar-refractivity contribution in [3.63, 3.8) is 0 Å². The van der Waals surface area contributed by atoms with Crippen molar-refractivity contribution in [2.24, 2.45) is 0 Å². The number of carbonyl (C=O) groups excluding carboxylic acids is 2. The maximum atomic E-state index is 12.7. The predicted octanol–water partition coefficient (Wildman–Crippen LogP) is 1.82. The molecule has 1 aromatic rings. The van der Waals surface area contributed by atoms with Gasteiger partial charge in [0, 0.05) is 4.88 Å². The summed E-state index contributed by atoms with van der Waals surface area (Å²) in [5.74, 6) is -0.360. The topological polar surface area (TPSA) is 69.1 Å². The molecule has 0 bridgehead atoms. The van der Waals surface area contributed by atoms with Gasteiger partial charge in [-0.05, 0) is 52.0 Å². The first-order valence-corrected chi connectivity index (χ1v) is 10.9. The van der Waals surface area contributed by atoms with Crippen LogP contribution >= 0.6 is 11.3 Å². The minimum absolute atomic E-state index is 0.0479. The van der Waals surface area contributed by atoms with Crippen LogP contribution in [0.1, 0.15) is 60.8 Å². The fourth-order valence-corrected chi connectivity index (χ4v) is 5.47. The molecule has 2 N–H and O–H groups in total. The van der Waals surface area contributed by atoms with Gasteiger partial charge in [-0.2, -0.15) is 0 Å². The molecule has 0 spiro atoms. The second kappa shape index (κ2) is 9.17. The molecule has 1 saturated heterocycles. The number of nitrogens with one attached hydrogen (secondary N) is 2. The highest BCUT2D eigenvalue weighted by Crippen LogP contribution is 2.37. The van der Waals surface area contributed by atoms with Gasteiger partial charge in [0.15, 0.2) is 6.54 Å². The van der Waals surface area contributed by atoms with Crippen molar-refractivity contribution in [1.29, 1.82) is 0 Å². The Balaban J connectivity index is 1.75. The number of amides is 1. The van der Waals surface area contributed by atoms with Gasteiger partial charge in [-0.1, -0.05) is 6.42 Å². The summed E-state index contributed by atoms with van der Waals surface area (Å²) >= 11 is 1.55. The van der Waals surface area contributed by atoms with Crippen LogP contribution in [-0.4, -0.2) is 50.3 Å². The maximum Gasteiger partial charge on any atom is 0.341 e. The number of rotatable bonds is 5. The SMILES string of the molecule is CCOC(=O)c1c(NC(=O)C[NH+]2C[C@H](C)O[C@@H](C)C2)sc2c1CCCCC2. The molecule has 1 aromatic heterocycles. The van der Waals surface area contributed by atoms with Crippen LogP contribution in [0.25, 0.3) is 0 Å². The van der Waals surface area contributed by atoms with E-state index in [2.05, 4.69) is 5.32 Å². The third kappa shape index (κ3) is 5.09. The molecular formula is C20H31N2O4S+. The Morgan fingerprint density at radius 1 is 1.19 bits per heavy atom. The van der Waals surface area contributed by atoms with E-state index in [4.69, 9.17) is 9.47 Å². The predicted molar refractivity (Wildman–Crippen MR) is 106 cm³/mol. The molecule has 1 aliphatic heterocycles. The molecule has 1 fully saturated rings. The number of hydrogen-bond acceptors (Lipinski definition) is 5. The zero-order valence-corrected chi connectivity index (χ0v) is 17.4. The number of aryl methyl sites for hydroxylation is 1. The fourth-order valence-electron chi connectivity index (χ4n) is 4.18. The van der Waals surface area contributed by atoms with Crippen molar-refractivity contribution >= 4 is 28.2 Å². The highest BCUT2D eigenvalue weighted by molar-refractivity contribution is 7.17. The molecule has 150 valence electrons. The lowest BCUT2D eigenvalue weighted by Crippen LogP contribution is -3.16. The Hall–Kier alpha value is -1.44. The van der Waals surface area contributed by atoms with E-state index in [9.17, 15) is 9.59 Å². The second-order valence-corrected chi connectivity index (χ2v) is 8.73. The largest absolute Gasteiger partial charge is 0.462 e. The zero-order chi connectivity index (χ0) is 19.4. The zero-order valence-electron chi connectivity index (χ0n) is 16.6. The number of esters is 1. The van der Waals surface area contributed by atoms with Crippen LogP contribution in [0.2, 0.25) is 0 Å². The lowest BCUT2D eigenvalue weighted by atomic mass is 10.1. The lowest BCUT2D eigenvalue weighted by Gasteiger charge is -2.31. The van der Waals surface area contributed by atoms with E-state index < -0.39 is 0 Å². The van der Waals surface area contributed by atoms with Crippen LogP contribution in [0, 0.1) is 0 Å². The molecule has 7 heteroatoms. The van der Waals surface area contributed by atoms with Gasteiger partial charge in [0.2, 0.25) is 0 Å². The van der Waals surface area contributed by atoms with Gasteiger partial charge in [0.1, 0.15) is 30.3 Å². The van der Waals surface area contributed by atoms with Crippen LogP contribution in [0.5, 0.6) is 0 Å². The summed E-state index contributed by atoms with van der Waals surface area (Å²) in [6.45, 7) is 8.27. The number of thiophene rings is 1. The van der Waals surface area contributed by atoms with Crippen molar-refractivity contribution in [2.45, 2.75) is 65.1 Å². The van der Waals surface area contributed by atoms with E-state index >= 15 is 0 Å². The Labute approximate surface area is 165 Å². The molecule has 2 atom stereocenters. The average molecular weight is 396 g/mol. The van der Waals surface area contributed by atoms with Crippen LogP contribution < -0.4 is 10.2 Å². The summed E-state index contributed by atoms with van der Waals surface area (Å²) in [5, 5.41) is 3.69. The third-order valence-electron chi connectivity index (χ3n) is 5.18. The summed E-state index contributed by atoms with van der Waals surface area (Å²) in [4.78, 5) is 27.7. The molecule has 3 rings (SSSR count).